The fourth-order valence-electron chi connectivity index (χ4n) is 2.35. The predicted octanol–water partition coefficient (Wildman–Crippen LogP) is 3.63. The standard InChI is InChI=1S/C18H18N4O3/c1-22(2)12-6-5-7-13(10-12)25-11-16(23)20-21-17-14-8-3-4-9-15(14)19-18(17)24/h3-10,19,24H,11H2,1-2H3. The first-order valence-corrected chi connectivity index (χ1v) is 7.69. The quantitative estimate of drug-likeness (QED) is 0.695. The number of ether oxygens (including phenoxy) is 1. The summed E-state index contributed by atoms with van der Waals surface area (Å²) in [7, 11) is 3.85. The third-order valence-electron chi connectivity index (χ3n) is 3.62. The van der Waals surface area contributed by atoms with Crippen molar-refractivity contribution in [3.8, 4) is 11.6 Å². The highest BCUT2D eigenvalue weighted by Crippen LogP contribution is 2.35. The molecule has 7 nitrogen and oxygen atoms in total. The molecule has 7 heteroatoms. The van der Waals surface area contributed by atoms with Crippen LogP contribution >= 0.6 is 0 Å². The number of aromatic hydroxyl groups is 1. The third kappa shape index (κ3) is 3.77. The molecule has 0 atom stereocenters. The van der Waals surface area contributed by atoms with Gasteiger partial charge in [0, 0.05) is 31.2 Å². The predicted molar refractivity (Wildman–Crippen MR) is 95.8 cm³/mol. The van der Waals surface area contributed by atoms with Gasteiger partial charge in [0.15, 0.2) is 12.3 Å². The largest absolute Gasteiger partial charge is 0.493 e. The van der Waals surface area contributed by atoms with E-state index in [9.17, 15) is 9.90 Å². The van der Waals surface area contributed by atoms with E-state index in [1.165, 1.54) is 0 Å². The smallest absolute Gasteiger partial charge is 0.302 e. The maximum Gasteiger partial charge on any atom is 0.302 e. The van der Waals surface area contributed by atoms with E-state index in [0.29, 0.717) is 11.1 Å². The zero-order valence-electron chi connectivity index (χ0n) is 13.9. The van der Waals surface area contributed by atoms with Gasteiger partial charge in [-0.25, -0.2) is 0 Å². The van der Waals surface area contributed by atoms with Gasteiger partial charge in [-0.2, -0.15) is 0 Å². The highest BCUT2D eigenvalue weighted by Gasteiger charge is 2.10. The monoisotopic (exact) mass is 338 g/mol. The van der Waals surface area contributed by atoms with Crippen molar-refractivity contribution in [2.75, 3.05) is 25.6 Å². The average molecular weight is 338 g/mol. The molecule has 2 aromatic carbocycles. The lowest BCUT2D eigenvalue weighted by atomic mass is 10.2. The maximum atomic E-state index is 11.9. The summed E-state index contributed by atoms with van der Waals surface area (Å²) in [5.74, 6) is -0.0954. The number of hydrogen-bond donors (Lipinski definition) is 2. The van der Waals surface area contributed by atoms with E-state index in [1.54, 1.807) is 18.2 Å². The molecule has 3 rings (SSSR count). The minimum atomic E-state index is -0.542. The molecule has 0 fully saturated rings. The minimum absolute atomic E-state index is 0.127. The lowest BCUT2D eigenvalue weighted by Gasteiger charge is -2.13. The van der Waals surface area contributed by atoms with Crippen LogP contribution < -0.4 is 9.64 Å². The van der Waals surface area contributed by atoms with Crippen molar-refractivity contribution in [1.29, 1.82) is 0 Å². The van der Waals surface area contributed by atoms with Gasteiger partial charge in [0.1, 0.15) is 5.75 Å². The number of azo groups is 1. The van der Waals surface area contributed by atoms with Crippen molar-refractivity contribution in [1.82, 2.24) is 4.98 Å². The van der Waals surface area contributed by atoms with Crippen LogP contribution in [0.15, 0.2) is 58.8 Å². The molecule has 0 spiro atoms. The number of aromatic amines is 1. The van der Waals surface area contributed by atoms with Crippen molar-refractivity contribution >= 4 is 28.2 Å². The molecular formula is C18H18N4O3. The first-order chi connectivity index (χ1) is 12.0. The van der Waals surface area contributed by atoms with Crippen LogP contribution in [-0.2, 0) is 4.79 Å². The third-order valence-corrected chi connectivity index (χ3v) is 3.62. The Morgan fingerprint density at radius 1 is 1.20 bits per heavy atom. The number of amides is 1. The lowest BCUT2D eigenvalue weighted by molar-refractivity contribution is -0.120. The number of carbonyl (C=O) groups is 1. The van der Waals surface area contributed by atoms with Crippen molar-refractivity contribution < 1.29 is 14.6 Å². The van der Waals surface area contributed by atoms with Crippen LogP contribution in [0.4, 0.5) is 11.4 Å². The minimum Gasteiger partial charge on any atom is -0.493 e. The van der Waals surface area contributed by atoms with Gasteiger partial charge in [-0.3, -0.25) is 4.79 Å². The van der Waals surface area contributed by atoms with Gasteiger partial charge in [-0.05, 0) is 18.2 Å². The number of aromatic nitrogens is 1. The fraction of sp³-hybridized carbons (Fsp3) is 0.167. The van der Waals surface area contributed by atoms with Crippen LogP contribution in [0.3, 0.4) is 0 Å². The second kappa shape index (κ2) is 7.04. The van der Waals surface area contributed by atoms with E-state index in [0.717, 1.165) is 11.2 Å². The van der Waals surface area contributed by atoms with E-state index in [4.69, 9.17) is 4.74 Å². The Hall–Kier alpha value is -3.35. The molecule has 0 saturated heterocycles. The lowest BCUT2D eigenvalue weighted by Crippen LogP contribution is -2.10. The van der Waals surface area contributed by atoms with Crippen molar-refractivity contribution in [2.24, 2.45) is 10.2 Å². The molecule has 1 aromatic heterocycles. The molecule has 0 aliphatic carbocycles. The normalized spacial score (nSPS) is 11.1. The maximum absolute atomic E-state index is 11.9. The highest BCUT2D eigenvalue weighted by atomic mass is 16.5. The topological polar surface area (TPSA) is 90.3 Å². The van der Waals surface area contributed by atoms with Crippen molar-refractivity contribution in [3.63, 3.8) is 0 Å². The molecule has 128 valence electrons. The van der Waals surface area contributed by atoms with E-state index >= 15 is 0 Å². The summed E-state index contributed by atoms with van der Waals surface area (Å²) in [6.07, 6.45) is 0. The molecule has 0 saturated carbocycles. The van der Waals surface area contributed by atoms with Crippen LogP contribution in [0.1, 0.15) is 0 Å². The Balaban J connectivity index is 1.67. The van der Waals surface area contributed by atoms with E-state index in [1.807, 2.05) is 49.3 Å². The van der Waals surface area contributed by atoms with E-state index < -0.39 is 5.91 Å². The van der Waals surface area contributed by atoms with Gasteiger partial charge in [0.05, 0.1) is 5.52 Å². The highest BCUT2D eigenvalue weighted by molar-refractivity contribution is 5.94. The van der Waals surface area contributed by atoms with Crippen molar-refractivity contribution in [3.05, 3.63) is 48.5 Å². The molecule has 1 amide bonds. The van der Waals surface area contributed by atoms with Gasteiger partial charge >= 0.3 is 5.91 Å². The number of anilines is 1. The molecule has 0 radical (unpaired) electrons. The number of hydrogen-bond acceptors (Lipinski definition) is 5. The summed E-state index contributed by atoms with van der Waals surface area (Å²) >= 11 is 0. The molecule has 0 bridgehead atoms. The molecule has 0 aliphatic heterocycles. The Labute approximate surface area is 144 Å². The molecule has 3 aromatic rings. The van der Waals surface area contributed by atoms with Crippen LogP contribution in [0, 0.1) is 0 Å². The van der Waals surface area contributed by atoms with E-state index in [-0.39, 0.29) is 18.2 Å². The van der Waals surface area contributed by atoms with Crippen LogP contribution in [0.25, 0.3) is 10.9 Å². The Morgan fingerprint density at radius 2 is 2.00 bits per heavy atom. The van der Waals surface area contributed by atoms with Crippen LogP contribution in [0.5, 0.6) is 11.6 Å². The number of benzene rings is 2. The molecule has 0 aliphatic rings. The van der Waals surface area contributed by atoms with E-state index in [2.05, 4.69) is 15.2 Å². The van der Waals surface area contributed by atoms with Crippen LogP contribution in [0.2, 0.25) is 0 Å². The molecule has 1 heterocycles. The summed E-state index contributed by atoms with van der Waals surface area (Å²) in [5, 5.41) is 18.1. The molecule has 0 unspecified atom stereocenters. The number of nitrogens with zero attached hydrogens (tertiary/aromatic N) is 3. The first kappa shape index (κ1) is 16.5. The Morgan fingerprint density at radius 3 is 2.80 bits per heavy atom. The number of nitrogens with one attached hydrogen (secondary N) is 1. The second-order valence-electron chi connectivity index (χ2n) is 5.64. The van der Waals surface area contributed by atoms with Crippen molar-refractivity contribution in [2.45, 2.75) is 0 Å². The second-order valence-corrected chi connectivity index (χ2v) is 5.64. The van der Waals surface area contributed by atoms with Gasteiger partial charge in [-0.1, -0.05) is 24.3 Å². The summed E-state index contributed by atoms with van der Waals surface area (Å²) < 4.78 is 5.45. The zero-order valence-corrected chi connectivity index (χ0v) is 13.9. The number of H-pyrrole nitrogens is 1. The Kier molecular flexibility index (Phi) is 4.65. The first-order valence-electron chi connectivity index (χ1n) is 7.69. The fourth-order valence-corrected chi connectivity index (χ4v) is 2.35. The van der Waals surface area contributed by atoms with Crippen LogP contribution in [-0.4, -0.2) is 36.7 Å². The van der Waals surface area contributed by atoms with Gasteiger partial charge in [-0.15, -0.1) is 10.2 Å². The summed E-state index contributed by atoms with van der Waals surface area (Å²) in [5.41, 5.74) is 1.92. The number of para-hydroxylation sites is 1. The van der Waals surface area contributed by atoms with Gasteiger partial charge < -0.3 is 19.7 Å². The Bertz CT molecular complexity index is 931. The number of fused-ring (bicyclic) bond motifs is 1. The number of rotatable bonds is 5. The SMILES string of the molecule is CN(C)c1cccc(OCC(=O)N=Nc2c(O)[nH]c3ccccc23)c1. The van der Waals surface area contributed by atoms with Gasteiger partial charge in [0.2, 0.25) is 5.88 Å². The zero-order chi connectivity index (χ0) is 17.8. The summed E-state index contributed by atoms with van der Waals surface area (Å²) in [6, 6.07) is 14.6. The molecule has 2 N–H and O–H groups in total. The summed E-state index contributed by atoms with van der Waals surface area (Å²) in [4.78, 5) is 16.6. The molecular weight excluding hydrogens is 320 g/mol. The average Bonchev–Trinajstić information content (AvgIpc) is 2.93. The summed E-state index contributed by atoms with van der Waals surface area (Å²) in [6.45, 7) is -0.233. The van der Waals surface area contributed by atoms with Gasteiger partial charge in [0.25, 0.3) is 0 Å². The molecule has 25 heavy (non-hydrogen) atoms. The number of carbonyl (C=O) groups excluding carboxylic acids is 1.